The maximum atomic E-state index is 10.3. The van der Waals surface area contributed by atoms with Crippen LogP contribution < -0.4 is 0 Å². The van der Waals surface area contributed by atoms with Crippen molar-refractivity contribution in [3.05, 3.63) is 18.1 Å². The quantitative estimate of drug-likeness (QED) is 0.219. The van der Waals surface area contributed by atoms with Gasteiger partial charge in [-0.3, -0.25) is 0 Å². The summed E-state index contributed by atoms with van der Waals surface area (Å²) < 4.78 is 6.73. The Bertz CT molecular complexity index is 497. The summed E-state index contributed by atoms with van der Waals surface area (Å²) in [6, 6.07) is 0. The molecular formula is C27H49O2-. The maximum absolute atomic E-state index is 10.3. The molecule has 1 heterocycles. The van der Waals surface area contributed by atoms with Crippen molar-refractivity contribution in [3.63, 3.8) is 0 Å². The van der Waals surface area contributed by atoms with Crippen LogP contribution in [0.2, 0.25) is 0 Å². The minimum Gasteiger partial charge on any atom is -0.393 e. The van der Waals surface area contributed by atoms with Crippen molar-refractivity contribution < 1.29 is 9.84 Å². The van der Waals surface area contributed by atoms with Gasteiger partial charge in [0.1, 0.15) is 0 Å². The van der Waals surface area contributed by atoms with E-state index in [1.54, 1.807) is 5.57 Å². The molecule has 0 amide bonds. The van der Waals surface area contributed by atoms with Crippen LogP contribution in [0.25, 0.3) is 0 Å². The van der Waals surface area contributed by atoms with Crippen molar-refractivity contribution >= 4 is 0 Å². The smallest absolute Gasteiger partial charge is 0.0658 e. The zero-order valence-corrected chi connectivity index (χ0v) is 20.3. The van der Waals surface area contributed by atoms with Crippen molar-refractivity contribution in [1.29, 1.82) is 0 Å². The molecule has 2 aliphatic rings. The largest absolute Gasteiger partial charge is 0.393 e. The Hall–Kier alpha value is -0.340. The van der Waals surface area contributed by atoms with Crippen molar-refractivity contribution in [1.82, 2.24) is 0 Å². The highest BCUT2D eigenvalue weighted by atomic mass is 16.5. The standard InChI is InChI=1S/C27H49O2/c1-7-8-9-12-20(2)13-10-14-21(3)15-11-17-27(6)18-16-24-19-25(28)22(4)23(5)26(24)29-27/h7,12,21-26,28H,8-11,13-19H2,1-6H3/q-1/b20-12+. The van der Waals surface area contributed by atoms with Gasteiger partial charge in [0.2, 0.25) is 0 Å². The summed E-state index contributed by atoms with van der Waals surface area (Å²) in [4.78, 5) is 0. The fraction of sp³-hybridized carbons (Fsp3) is 0.889. The van der Waals surface area contributed by atoms with Crippen molar-refractivity contribution in [2.24, 2.45) is 23.7 Å². The van der Waals surface area contributed by atoms with Gasteiger partial charge in [-0.25, -0.2) is 0 Å². The van der Waals surface area contributed by atoms with Crippen molar-refractivity contribution in [2.45, 2.75) is 130 Å². The minimum atomic E-state index is -0.136. The monoisotopic (exact) mass is 405 g/mol. The van der Waals surface area contributed by atoms with E-state index in [-0.39, 0.29) is 11.7 Å². The lowest BCUT2D eigenvalue weighted by Gasteiger charge is -2.51. The van der Waals surface area contributed by atoms with Crippen LogP contribution in [0.1, 0.15) is 112 Å². The lowest BCUT2D eigenvalue weighted by atomic mass is 9.67. The second-order valence-corrected chi connectivity index (χ2v) is 10.8. The molecule has 7 unspecified atom stereocenters. The lowest BCUT2D eigenvalue weighted by Crippen LogP contribution is -2.52. The minimum absolute atomic E-state index is 0.0484. The Labute approximate surface area is 181 Å². The lowest BCUT2D eigenvalue weighted by molar-refractivity contribution is -0.200. The molecule has 0 aromatic heterocycles. The molecule has 0 aromatic carbocycles. The van der Waals surface area contributed by atoms with Gasteiger partial charge in [0, 0.05) is 0 Å². The summed E-state index contributed by atoms with van der Waals surface area (Å²) in [7, 11) is 0. The van der Waals surface area contributed by atoms with Gasteiger partial charge in [-0.15, -0.1) is 0 Å². The molecule has 170 valence electrons. The zero-order chi connectivity index (χ0) is 21.4. The Morgan fingerprint density at radius 2 is 1.97 bits per heavy atom. The number of unbranched alkanes of at least 4 members (excludes halogenated alkanes) is 2. The normalized spacial score (nSPS) is 36.7. The third-order valence-corrected chi connectivity index (χ3v) is 8.05. The maximum Gasteiger partial charge on any atom is 0.0658 e. The van der Waals surface area contributed by atoms with E-state index in [9.17, 15) is 5.11 Å². The highest BCUT2D eigenvalue weighted by Crippen LogP contribution is 2.46. The molecule has 2 nitrogen and oxygen atoms in total. The van der Waals surface area contributed by atoms with Gasteiger partial charge < -0.3 is 16.3 Å². The van der Waals surface area contributed by atoms with Gasteiger partial charge in [0.25, 0.3) is 0 Å². The molecule has 0 spiro atoms. The summed E-state index contributed by atoms with van der Waals surface area (Å²) >= 11 is 0. The molecule has 1 N–H and O–H groups in total. The topological polar surface area (TPSA) is 29.5 Å². The van der Waals surface area contributed by atoms with Gasteiger partial charge in [-0.1, -0.05) is 58.1 Å². The van der Waals surface area contributed by atoms with Gasteiger partial charge in [-0.05, 0) is 76.0 Å². The predicted molar refractivity (Wildman–Crippen MR) is 125 cm³/mol. The number of ether oxygens (including phenoxy) is 1. The van der Waals surface area contributed by atoms with Gasteiger partial charge >= 0.3 is 0 Å². The molecule has 0 aromatic rings. The van der Waals surface area contributed by atoms with E-state index in [0.29, 0.717) is 23.9 Å². The molecule has 2 rings (SSSR count). The van der Waals surface area contributed by atoms with Gasteiger partial charge in [0.05, 0.1) is 17.8 Å². The average Bonchev–Trinajstić information content (AvgIpc) is 2.67. The highest BCUT2D eigenvalue weighted by molar-refractivity contribution is 4.98. The summed E-state index contributed by atoms with van der Waals surface area (Å²) in [5.41, 5.74) is 1.62. The van der Waals surface area contributed by atoms with Crippen molar-refractivity contribution in [3.8, 4) is 0 Å². The molecule has 0 bridgehead atoms. The number of hydrogen-bond acceptors (Lipinski definition) is 2. The first kappa shape index (κ1) is 24.9. The molecule has 2 heteroatoms. The molecule has 0 radical (unpaired) electrons. The second-order valence-electron chi connectivity index (χ2n) is 10.8. The Balaban J connectivity index is 1.67. The molecule has 1 aliphatic carbocycles. The van der Waals surface area contributed by atoms with Crippen LogP contribution in [0.15, 0.2) is 11.6 Å². The van der Waals surface area contributed by atoms with Crippen LogP contribution in [0.5, 0.6) is 0 Å². The molecular weight excluding hydrogens is 356 g/mol. The van der Waals surface area contributed by atoms with Crippen LogP contribution in [-0.2, 0) is 4.74 Å². The van der Waals surface area contributed by atoms with E-state index in [1.165, 1.54) is 57.8 Å². The number of aliphatic hydroxyl groups is 1. The number of allylic oxidation sites excluding steroid dienone is 2. The van der Waals surface area contributed by atoms with Crippen LogP contribution in [-0.4, -0.2) is 22.9 Å². The fourth-order valence-corrected chi connectivity index (χ4v) is 5.58. The number of aliphatic hydroxyl groups excluding tert-OH is 1. The second kappa shape index (κ2) is 11.9. The number of hydrogen-bond donors (Lipinski definition) is 1. The number of fused-ring (bicyclic) bond motifs is 1. The van der Waals surface area contributed by atoms with Crippen LogP contribution in [0.3, 0.4) is 0 Å². The Kier molecular flexibility index (Phi) is 10.2. The van der Waals surface area contributed by atoms with E-state index in [2.05, 4.69) is 54.0 Å². The van der Waals surface area contributed by atoms with Gasteiger partial charge in [0.15, 0.2) is 0 Å². The average molecular weight is 406 g/mol. The molecule has 2 fully saturated rings. The number of rotatable bonds is 11. The SMILES string of the molecule is C[CH-]CC/C=C(\C)CCCC(C)CCCC1(C)CCC2CC(O)C(C)C(C)C2O1. The summed E-state index contributed by atoms with van der Waals surface area (Å²) in [6.07, 6.45) is 18.4. The fourth-order valence-electron chi connectivity index (χ4n) is 5.58. The zero-order valence-electron chi connectivity index (χ0n) is 20.3. The van der Waals surface area contributed by atoms with Crippen LogP contribution >= 0.6 is 0 Å². The van der Waals surface area contributed by atoms with E-state index in [1.807, 2.05) is 0 Å². The van der Waals surface area contributed by atoms with E-state index >= 15 is 0 Å². The van der Waals surface area contributed by atoms with E-state index in [0.717, 1.165) is 18.8 Å². The summed E-state index contributed by atoms with van der Waals surface area (Å²) in [5.74, 6) is 2.20. The van der Waals surface area contributed by atoms with Crippen LogP contribution in [0, 0.1) is 30.1 Å². The first-order valence-corrected chi connectivity index (χ1v) is 12.5. The van der Waals surface area contributed by atoms with E-state index < -0.39 is 0 Å². The molecule has 29 heavy (non-hydrogen) atoms. The molecule has 1 saturated heterocycles. The van der Waals surface area contributed by atoms with Crippen LogP contribution in [0.4, 0.5) is 0 Å². The predicted octanol–water partition coefficient (Wildman–Crippen LogP) is 7.50. The van der Waals surface area contributed by atoms with Gasteiger partial charge in [-0.2, -0.15) is 13.3 Å². The first-order chi connectivity index (χ1) is 13.8. The third kappa shape index (κ3) is 7.69. The van der Waals surface area contributed by atoms with Crippen molar-refractivity contribution in [2.75, 3.05) is 0 Å². The third-order valence-electron chi connectivity index (χ3n) is 8.05. The van der Waals surface area contributed by atoms with E-state index in [4.69, 9.17) is 4.74 Å². The summed E-state index contributed by atoms with van der Waals surface area (Å²) in [6.45, 7) is 13.7. The molecule has 7 atom stereocenters. The highest BCUT2D eigenvalue weighted by Gasteiger charge is 2.46. The molecule has 1 saturated carbocycles. The molecule has 1 aliphatic heterocycles. The summed E-state index contributed by atoms with van der Waals surface area (Å²) in [5, 5.41) is 10.3. The Morgan fingerprint density at radius 3 is 2.69 bits per heavy atom. The Morgan fingerprint density at radius 1 is 1.24 bits per heavy atom. The first-order valence-electron chi connectivity index (χ1n) is 12.5.